The lowest BCUT2D eigenvalue weighted by atomic mass is 9.95. The lowest BCUT2D eigenvalue weighted by molar-refractivity contribution is 0.332. The van der Waals surface area contributed by atoms with Crippen molar-refractivity contribution in [1.29, 1.82) is 10.5 Å². The number of allylic oxidation sites excluding steroid dienone is 9. The van der Waals surface area contributed by atoms with E-state index in [1.165, 1.54) is 22.5 Å². The fraction of sp³-hybridized carbons (Fsp3) is 0.200. The van der Waals surface area contributed by atoms with Crippen molar-refractivity contribution in [2.75, 3.05) is 23.4 Å². The molecule has 0 saturated heterocycles. The van der Waals surface area contributed by atoms with Crippen LogP contribution in [0.4, 0.5) is 11.4 Å². The van der Waals surface area contributed by atoms with Crippen molar-refractivity contribution in [3.63, 3.8) is 0 Å². The number of likely N-dealkylation sites (N-methyl/N-ethyl adjacent to an activating group) is 1. The molecule has 0 radical (unpaired) electrons. The predicted molar refractivity (Wildman–Crippen MR) is 163 cm³/mol. The zero-order valence-electron chi connectivity index (χ0n) is 23.1. The summed E-state index contributed by atoms with van der Waals surface area (Å²) in [6.07, 6.45) is 19.6. The molecule has 2 aromatic carbocycles. The molecule has 3 heterocycles. The second-order valence-electron chi connectivity index (χ2n) is 10.1. The standard InChI is InChI=1S/C35H32N4O/c1-4-39-31(17-16-27-8-5-6-11-35(27)39)9-7-10-32-21-29(30(23-36)24-37)22-33(40-32)18-13-26-14-19-34-28(20-26)15-12-25(2)38(34)3/h5-11,13-14,16-22,25H,4,12,15H2,1-3H3/b10-7+,18-13+,31-9+. The largest absolute Gasteiger partial charge is 0.457 e. The van der Waals surface area contributed by atoms with E-state index in [-0.39, 0.29) is 5.57 Å². The van der Waals surface area contributed by atoms with Crippen LogP contribution in [0.2, 0.25) is 0 Å². The summed E-state index contributed by atoms with van der Waals surface area (Å²) in [5, 5.41) is 19.0. The van der Waals surface area contributed by atoms with Crippen molar-refractivity contribution in [1.82, 2.24) is 0 Å². The van der Waals surface area contributed by atoms with E-state index < -0.39 is 0 Å². The fourth-order valence-electron chi connectivity index (χ4n) is 5.25. The van der Waals surface area contributed by atoms with E-state index >= 15 is 0 Å². The third-order valence-electron chi connectivity index (χ3n) is 7.58. The second kappa shape index (κ2) is 11.8. The van der Waals surface area contributed by atoms with Crippen LogP contribution in [0.1, 0.15) is 37.0 Å². The highest BCUT2D eigenvalue weighted by Gasteiger charge is 2.20. The highest BCUT2D eigenvalue weighted by Crippen LogP contribution is 2.32. The van der Waals surface area contributed by atoms with Gasteiger partial charge in [-0.25, -0.2) is 0 Å². The molecule has 0 bridgehead atoms. The smallest absolute Gasteiger partial charge is 0.137 e. The van der Waals surface area contributed by atoms with Crippen molar-refractivity contribution in [3.05, 3.63) is 130 Å². The molecule has 1 atom stereocenters. The van der Waals surface area contributed by atoms with Crippen molar-refractivity contribution in [2.45, 2.75) is 32.7 Å². The van der Waals surface area contributed by atoms with Crippen LogP contribution in [-0.2, 0) is 11.2 Å². The van der Waals surface area contributed by atoms with Crippen molar-refractivity contribution in [3.8, 4) is 12.1 Å². The van der Waals surface area contributed by atoms with E-state index in [2.05, 4.69) is 79.2 Å². The Morgan fingerprint density at radius 3 is 2.55 bits per heavy atom. The van der Waals surface area contributed by atoms with Gasteiger partial charge in [0, 0.05) is 42.3 Å². The molecule has 1 unspecified atom stereocenters. The number of nitrogens with zero attached hydrogens (tertiary/aromatic N) is 4. The first-order chi connectivity index (χ1) is 19.5. The molecular weight excluding hydrogens is 492 g/mol. The number of hydrogen-bond acceptors (Lipinski definition) is 5. The Morgan fingerprint density at radius 2 is 1.77 bits per heavy atom. The molecular formula is C35H32N4O. The van der Waals surface area contributed by atoms with Gasteiger partial charge in [-0.2, -0.15) is 10.5 Å². The maximum absolute atomic E-state index is 9.50. The predicted octanol–water partition coefficient (Wildman–Crippen LogP) is 7.61. The molecule has 5 nitrogen and oxygen atoms in total. The van der Waals surface area contributed by atoms with Gasteiger partial charge in [0.15, 0.2) is 0 Å². The minimum Gasteiger partial charge on any atom is -0.457 e. The van der Waals surface area contributed by atoms with Gasteiger partial charge in [-0.15, -0.1) is 0 Å². The monoisotopic (exact) mass is 524 g/mol. The molecule has 0 aliphatic carbocycles. The van der Waals surface area contributed by atoms with Gasteiger partial charge in [0.05, 0.1) is 0 Å². The summed E-state index contributed by atoms with van der Waals surface area (Å²) in [5.41, 5.74) is 7.73. The number of rotatable bonds is 5. The molecule has 0 N–H and O–H groups in total. The highest BCUT2D eigenvalue weighted by molar-refractivity contribution is 5.76. The normalized spacial score (nSPS) is 19.1. The average molecular weight is 525 g/mol. The maximum Gasteiger partial charge on any atom is 0.137 e. The van der Waals surface area contributed by atoms with Crippen LogP contribution in [0.15, 0.2) is 113 Å². The minimum atomic E-state index is 0.0494. The van der Waals surface area contributed by atoms with Crippen LogP contribution >= 0.6 is 0 Å². The number of ether oxygens (including phenoxy) is 1. The second-order valence-corrected chi connectivity index (χ2v) is 10.1. The number of benzene rings is 2. The molecule has 0 saturated carbocycles. The molecule has 3 aliphatic heterocycles. The molecule has 40 heavy (non-hydrogen) atoms. The lowest BCUT2D eigenvalue weighted by Crippen LogP contribution is -2.33. The molecule has 3 aliphatic rings. The van der Waals surface area contributed by atoms with Crippen molar-refractivity contribution < 1.29 is 4.74 Å². The fourth-order valence-corrected chi connectivity index (χ4v) is 5.25. The van der Waals surface area contributed by atoms with Gasteiger partial charge in [-0.1, -0.05) is 42.5 Å². The Bertz CT molecular complexity index is 1600. The van der Waals surface area contributed by atoms with Crippen LogP contribution in [-0.4, -0.2) is 19.6 Å². The quantitative estimate of drug-likeness (QED) is 0.377. The van der Waals surface area contributed by atoms with Crippen LogP contribution < -0.4 is 9.80 Å². The summed E-state index contributed by atoms with van der Waals surface area (Å²) in [5.74, 6) is 1.12. The number of aryl methyl sites for hydroxylation is 1. The average Bonchev–Trinajstić information content (AvgIpc) is 2.98. The third-order valence-corrected chi connectivity index (χ3v) is 7.58. The molecule has 2 aromatic rings. The number of anilines is 2. The molecule has 5 rings (SSSR count). The minimum absolute atomic E-state index is 0.0494. The first-order valence-corrected chi connectivity index (χ1v) is 13.6. The van der Waals surface area contributed by atoms with E-state index in [0.717, 1.165) is 30.6 Å². The van der Waals surface area contributed by atoms with Gasteiger partial charge in [-0.05, 0) is 98.0 Å². The molecule has 0 aromatic heterocycles. The number of nitriles is 2. The van der Waals surface area contributed by atoms with Gasteiger partial charge in [0.25, 0.3) is 0 Å². The van der Waals surface area contributed by atoms with Crippen molar-refractivity contribution in [2.24, 2.45) is 0 Å². The van der Waals surface area contributed by atoms with Gasteiger partial charge < -0.3 is 14.5 Å². The summed E-state index contributed by atoms with van der Waals surface area (Å²) >= 11 is 0. The van der Waals surface area contributed by atoms with E-state index in [0.29, 0.717) is 23.1 Å². The molecule has 0 spiro atoms. The van der Waals surface area contributed by atoms with E-state index in [9.17, 15) is 10.5 Å². The molecule has 198 valence electrons. The molecule has 5 heteroatoms. The van der Waals surface area contributed by atoms with Gasteiger partial charge in [-0.3, -0.25) is 0 Å². The Hall–Kier alpha value is -5.00. The lowest BCUT2D eigenvalue weighted by Gasteiger charge is -2.34. The zero-order chi connectivity index (χ0) is 28.1. The summed E-state index contributed by atoms with van der Waals surface area (Å²) in [6.45, 7) is 5.23. The molecule has 0 fully saturated rings. The van der Waals surface area contributed by atoms with Crippen molar-refractivity contribution >= 4 is 23.5 Å². The van der Waals surface area contributed by atoms with Gasteiger partial charge in [0.2, 0.25) is 0 Å². The van der Waals surface area contributed by atoms with Crippen LogP contribution in [0.3, 0.4) is 0 Å². The van der Waals surface area contributed by atoms with Gasteiger partial charge >= 0.3 is 0 Å². The summed E-state index contributed by atoms with van der Waals surface area (Å²) in [4.78, 5) is 4.59. The Balaban J connectivity index is 1.38. The first-order valence-electron chi connectivity index (χ1n) is 13.6. The zero-order valence-corrected chi connectivity index (χ0v) is 23.1. The Labute approximate surface area is 236 Å². The SMILES string of the molecule is CCN1/C(=C/C=C/C2=CC(=C(C#N)C#N)C=C(/C=C/c3ccc4c(c3)CCC(C)N4C)O2)C=Cc2ccccc21. The maximum atomic E-state index is 9.50. The Kier molecular flexibility index (Phi) is 7.85. The van der Waals surface area contributed by atoms with E-state index in [1.807, 2.05) is 48.6 Å². The molecule has 0 amide bonds. The van der Waals surface area contributed by atoms with Crippen LogP contribution in [0.5, 0.6) is 0 Å². The third kappa shape index (κ3) is 5.55. The summed E-state index contributed by atoms with van der Waals surface area (Å²) < 4.78 is 6.15. The first kappa shape index (κ1) is 26.6. The summed E-state index contributed by atoms with van der Waals surface area (Å²) in [6, 6.07) is 19.4. The number of para-hydroxylation sites is 1. The Morgan fingerprint density at radius 1 is 1.00 bits per heavy atom. The van der Waals surface area contributed by atoms with E-state index in [1.54, 1.807) is 12.2 Å². The summed E-state index contributed by atoms with van der Waals surface area (Å²) in [7, 11) is 2.15. The van der Waals surface area contributed by atoms with Gasteiger partial charge in [0.1, 0.15) is 29.2 Å². The van der Waals surface area contributed by atoms with Crippen LogP contribution in [0, 0.1) is 22.7 Å². The topological polar surface area (TPSA) is 63.3 Å². The number of fused-ring (bicyclic) bond motifs is 2. The number of hydrogen-bond donors (Lipinski definition) is 0. The highest BCUT2D eigenvalue weighted by atomic mass is 16.5. The van der Waals surface area contributed by atoms with Crippen LogP contribution in [0.25, 0.3) is 12.2 Å². The van der Waals surface area contributed by atoms with E-state index in [4.69, 9.17) is 4.74 Å².